The summed E-state index contributed by atoms with van der Waals surface area (Å²) in [6, 6.07) is 12.1. The van der Waals surface area contributed by atoms with Crippen molar-refractivity contribution in [2.75, 3.05) is 13.1 Å². The summed E-state index contributed by atoms with van der Waals surface area (Å²) in [6.45, 7) is 11.3. The molecule has 2 aliphatic rings. The molecule has 160 valence electrons. The number of nitrogens with zero attached hydrogens (tertiary/aromatic N) is 1. The normalized spacial score (nSPS) is 21.0. The van der Waals surface area contributed by atoms with Gasteiger partial charge in [0.25, 0.3) is 0 Å². The van der Waals surface area contributed by atoms with Gasteiger partial charge >= 0.3 is 7.12 Å². The van der Waals surface area contributed by atoms with Crippen LogP contribution in [0.5, 0.6) is 11.5 Å². The number of benzene rings is 2. The van der Waals surface area contributed by atoms with E-state index < -0.39 is 7.12 Å². The molecule has 4 nitrogen and oxygen atoms in total. The highest BCUT2D eigenvalue weighted by Gasteiger charge is 2.52. The Kier molecular flexibility index (Phi) is 5.93. The van der Waals surface area contributed by atoms with Crippen molar-refractivity contribution < 1.29 is 18.4 Å². The van der Waals surface area contributed by atoms with Crippen LogP contribution in [0.15, 0.2) is 42.5 Å². The van der Waals surface area contributed by atoms with Crippen molar-refractivity contribution in [3.8, 4) is 11.5 Å². The van der Waals surface area contributed by atoms with Crippen LogP contribution in [0.4, 0.5) is 4.39 Å². The van der Waals surface area contributed by atoms with Crippen LogP contribution in [0.2, 0.25) is 0 Å². The fraction of sp³-hybridized carbons (Fsp3) is 0.500. The second-order valence-electron chi connectivity index (χ2n) is 9.34. The molecule has 2 aromatic rings. The van der Waals surface area contributed by atoms with Gasteiger partial charge in [0.05, 0.1) is 11.2 Å². The van der Waals surface area contributed by atoms with Crippen molar-refractivity contribution in [1.29, 1.82) is 0 Å². The smallest absolute Gasteiger partial charge is 0.457 e. The van der Waals surface area contributed by atoms with E-state index in [2.05, 4.69) is 38.7 Å². The Hall–Kier alpha value is -1.89. The molecule has 2 fully saturated rings. The maximum atomic E-state index is 13.2. The Labute approximate surface area is 179 Å². The summed E-state index contributed by atoms with van der Waals surface area (Å²) < 4.78 is 31.9. The summed E-state index contributed by atoms with van der Waals surface area (Å²) in [5.74, 6) is 1.07. The molecule has 0 radical (unpaired) electrons. The average Bonchev–Trinajstić information content (AvgIpc) is 2.92. The quantitative estimate of drug-likeness (QED) is 0.655. The topological polar surface area (TPSA) is 30.9 Å². The largest absolute Gasteiger partial charge is 0.495 e. The van der Waals surface area contributed by atoms with E-state index in [-0.39, 0.29) is 17.0 Å². The van der Waals surface area contributed by atoms with Crippen LogP contribution in [0, 0.1) is 5.82 Å². The summed E-state index contributed by atoms with van der Waals surface area (Å²) >= 11 is 0. The van der Waals surface area contributed by atoms with Crippen LogP contribution in [0.25, 0.3) is 0 Å². The molecule has 2 heterocycles. The van der Waals surface area contributed by atoms with Gasteiger partial charge in [0.15, 0.2) is 0 Å². The van der Waals surface area contributed by atoms with Crippen LogP contribution in [-0.2, 0) is 15.9 Å². The van der Waals surface area contributed by atoms with Gasteiger partial charge < -0.3 is 14.0 Å². The molecule has 0 amide bonds. The maximum absolute atomic E-state index is 13.2. The maximum Gasteiger partial charge on any atom is 0.495 e. The van der Waals surface area contributed by atoms with Crippen LogP contribution in [0.1, 0.15) is 52.5 Å². The third-order valence-corrected chi connectivity index (χ3v) is 6.51. The monoisotopic (exact) mass is 411 g/mol. The van der Waals surface area contributed by atoms with Crippen molar-refractivity contribution in [3.63, 3.8) is 0 Å². The number of rotatable bonds is 5. The van der Waals surface area contributed by atoms with Gasteiger partial charge in [0.2, 0.25) is 0 Å². The standard InChI is InChI=1S/C24H31BFNO3/c1-23(2)24(3,4)30-25(29-23)22-13-12-21(28-20-10-8-19(26)9-11-20)16-18(22)17-27-14-6-5-7-15-27/h8-13,16H,5-7,14-15,17H2,1-4H3. The molecule has 0 aliphatic carbocycles. The van der Waals surface area contributed by atoms with Gasteiger partial charge in [-0.3, -0.25) is 4.90 Å². The summed E-state index contributed by atoms with van der Waals surface area (Å²) in [5, 5.41) is 0. The van der Waals surface area contributed by atoms with E-state index >= 15 is 0 Å². The molecular formula is C24H31BFNO3. The molecular weight excluding hydrogens is 380 g/mol. The molecule has 0 N–H and O–H groups in total. The molecule has 0 bridgehead atoms. The number of hydrogen-bond donors (Lipinski definition) is 0. The first kappa shape index (κ1) is 21.4. The first-order valence-corrected chi connectivity index (χ1v) is 10.9. The molecule has 6 heteroatoms. The zero-order valence-electron chi connectivity index (χ0n) is 18.4. The zero-order chi connectivity index (χ0) is 21.4. The molecule has 4 rings (SSSR count). The zero-order valence-corrected chi connectivity index (χ0v) is 18.4. The van der Waals surface area contributed by atoms with Gasteiger partial charge in [-0.25, -0.2) is 4.39 Å². The lowest BCUT2D eigenvalue weighted by Gasteiger charge is -2.32. The minimum Gasteiger partial charge on any atom is -0.457 e. The summed E-state index contributed by atoms with van der Waals surface area (Å²) in [5.41, 5.74) is 1.42. The lowest BCUT2D eigenvalue weighted by Crippen LogP contribution is -2.41. The highest BCUT2D eigenvalue weighted by atomic mass is 19.1. The Morgan fingerprint density at radius 2 is 1.50 bits per heavy atom. The van der Waals surface area contributed by atoms with Gasteiger partial charge in [-0.15, -0.1) is 0 Å². The lowest BCUT2D eigenvalue weighted by molar-refractivity contribution is 0.00578. The molecule has 30 heavy (non-hydrogen) atoms. The van der Waals surface area contributed by atoms with Gasteiger partial charge in [-0.2, -0.15) is 0 Å². The van der Waals surface area contributed by atoms with E-state index in [1.807, 2.05) is 12.1 Å². The molecule has 2 aliphatic heterocycles. The predicted molar refractivity (Wildman–Crippen MR) is 118 cm³/mol. The molecule has 0 aromatic heterocycles. The summed E-state index contributed by atoms with van der Waals surface area (Å²) in [7, 11) is -0.408. The van der Waals surface area contributed by atoms with Crippen molar-refractivity contribution in [3.05, 3.63) is 53.8 Å². The Balaban J connectivity index is 1.62. The van der Waals surface area contributed by atoms with Crippen molar-refractivity contribution >= 4 is 12.6 Å². The second kappa shape index (κ2) is 8.33. The van der Waals surface area contributed by atoms with Crippen LogP contribution in [-0.4, -0.2) is 36.3 Å². The molecule has 2 aromatic carbocycles. The number of ether oxygens (including phenoxy) is 1. The van der Waals surface area contributed by atoms with Crippen LogP contribution >= 0.6 is 0 Å². The minimum atomic E-state index is -0.408. The fourth-order valence-corrected chi connectivity index (χ4v) is 3.98. The summed E-state index contributed by atoms with van der Waals surface area (Å²) in [4.78, 5) is 2.48. The van der Waals surface area contributed by atoms with Crippen molar-refractivity contribution in [2.24, 2.45) is 0 Å². The Morgan fingerprint density at radius 3 is 2.13 bits per heavy atom. The first-order valence-electron chi connectivity index (χ1n) is 10.9. The average molecular weight is 411 g/mol. The third kappa shape index (κ3) is 4.56. The van der Waals surface area contributed by atoms with Crippen molar-refractivity contribution in [1.82, 2.24) is 4.90 Å². The van der Waals surface area contributed by atoms with Crippen molar-refractivity contribution in [2.45, 2.75) is 64.7 Å². The third-order valence-electron chi connectivity index (χ3n) is 6.51. The summed E-state index contributed by atoms with van der Waals surface area (Å²) in [6.07, 6.45) is 3.77. The van der Waals surface area contributed by atoms with Gasteiger partial charge in [0, 0.05) is 6.54 Å². The van der Waals surface area contributed by atoms with E-state index in [1.54, 1.807) is 12.1 Å². The fourth-order valence-electron chi connectivity index (χ4n) is 3.98. The highest BCUT2D eigenvalue weighted by Crippen LogP contribution is 2.37. The van der Waals surface area contributed by atoms with Gasteiger partial charge in [-0.1, -0.05) is 12.5 Å². The molecule has 0 spiro atoms. The molecule has 0 unspecified atom stereocenters. The van der Waals surface area contributed by atoms with Gasteiger partial charge in [-0.05, 0) is 101 Å². The highest BCUT2D eigenvalue weighted by molar-refractivity contribution is 6.62. The van der Waals surface area contributed by atoms with E-state index in [0.717, 1.165) is 36.4 Å². The lowest BCUT2D eigenvalue weighted by atomic mass is 9.75. The second-order valence-corrected chi connectivity index (χ2v) is 9.34. The SMILES string of the molecule is CC1(C)OB(c2ccc(Oc3ccc(F)cc3)cc2CN2CCCCC2)OC1(C)C. The molecule has 0 atom stereocenters. The van der Waals surface area contributed by atoms with E-state index in [0.29, 0.717) is 5.75 Å². The Morgan fingerprint density at radius 1 is 0.900 bits per heavy atom. The van der Waals surface area contributed by atoms with Crippen LogP contribution < -0.4 is 10.2 Å². The predicted octanol–water partition coefficient (Wildman–Crippen LogP) is 4.90. The van der Waals surface area contributed by atoms with E-state index in [1.165, 1.54) is 31.4 Å². The van der Waals surface area contributed by atoms with Crippen LogP contribution in [0.3, 0.4) is 0 Å². The van der Waals surface area contributed by atoms with E-state index in [9.17, 15) is 4.39 Å². The minimum absolute atomic E-state index is 0.274. The molecule has 2 saturated heterocycles. The first-order chi connectivity index (χ1) is 14.2. The van der Waals surface area contributed by atoms with Gasteiger partial charge in [0.1, 0.15) is 17.3 Å². The number of hydrogen-bond acceptors (Lipinski definition) is 4. The number of likely N-dealkylation sites (tertiary alicyclic amines) is 1. The number of piperidine rings is 1. The molecule has 0 saturated carbocycles. The Bertz CT molecular complexity index is 863. The van der Waals surface area contributed by atoms with E-state index in [4.69, 9.17) is 14.0 Å². The number of halogens is 1.